The number of pyridine rings is 1. The number of nitrogens with zero attached hydrogens (tertiary/aromatic N) is 3. The Morgan fingerprint density at radius 1 is 1.16 bits per heavy atom. The van der Waals surface area contributed by atoms with E-state index in [0.717, 1.165) is 19.6 Å². The molecule has 0 bridgehead atoms. The highest BCUT2D eigenvalue weighted by Crippen LogP contribution is 2.41. The van der Waals surface area contributed by atoms with Crippen LogP contribution in [0.4, 0.5) is 0 Å². The second-order valence-electron chi connectivity index (χ2n) is 7.54. The molecule has 2 aromatic rings. The van der Waals surface area contributed by atoms with Gasteiger partial charge in [-0.15, -0.1) is 0 Å². The van der Waals surface area contributed by atoms with Crippen molar-refractivity contribution in [3.05, 3.63) is 59.4 Å². The van der Waals surface area contributed by atoms with Crippen LogP contribution in [0.3, 0.4) is 0 Å². The molecule has 3 rings (SSSR count). The van der Waals surface area contributed by atoms with Crippen molar-refractivity contribution in [2.24, 2.45) is 0 Å². The van der Waals surface area contributed by atoms with Gasteiger partial charge in [0.25, 0.3) is 11.7 Å². The first-order valence-electron chi connectivity index (χ1n) is 10.7. The van der Waals surface area contributed by atoms with E-state index in [1.165, 1.54) is 24.1 Å². The highest BCUT2D eigenvalue weighted by atomic mass is 16.5. The Bertz CT molecular complexity index is 1000. The normalized spacial score (nSPS) is 17.9. The number of hydrogen-bond donors (Lipinski definition) is 2. The Morgan fingerprint density at radius 3 is 2.44 bits per heavy atom. The van der Waals surface area contributed by atoms with Gasteiger partial charge in [-0.25, -0.2) is 0 Å². The third-order valence-electron chi connectivity index (χ3n) is 5.79. The molecule has 32 heavy (non-hydrogen) atoms. The van der Waals surface area contributed by atoms with Crippen molar-refractivity contribution in [2.45, 2.75) is 26.3 Å². The van der Waals surface area contributed by atoms with Crippen molar-refractivity contribution in [1.82, 2.24) is 14.8 Å². The van der Waals surface area contributed by atoms with Gasteiger partial charge in [-0.2, -0.15) is 0 Å². The lowest BCUT2D eigenvalue weighted by atomic mass is 9.95. The van der Waals surface area contributed by atoms with Gasteiger partial charge in [0.15, 0.2) is 0 Å². The summed E-state index contributed by atoms with van der Waals surface area (Å²) in [6.45, 7) is 7.11. The Morgan fingerprint density at radius 2 is 1.84 bits per heavy atom. The average molecular weight is 440 g/mol. The van der Waals surface area contributed by atoms with Crippen LogP contribution in [0, 0.1) is 0 Å². The van der Waals surface area contributed by atoms with Gasteiger partial charge in [-0.05, 0) is 55.9 Å². The second-order valence-corrected chi connectivity index (χ2v) is 7.54. The molecule has 1 fully saturated rings. The number of hydrogen-bond acceptors (Lipinski definition) is 7. The lowest BCUT2D eigenvalue weighted by Crippen LogP contribution is -2.33. The van der Waals surface area contributed by atoms with Gasteiger partial charge < -0.3 is 24.7 Å². The summed E-state index contributed by atoms with van der Waals surface area (Å²) >= 11 is 0. The van der Waals surface area contributed by atoms with E-state index in [2.05, 4.69) is 23.7 Å². The van der Waals surface area contributed by atoms with Crippen LogP contribution in [-0.2, 0) is 9.59 Å². The molecule has 2 N–H and O–H groups in total. The molecule has 8 heteroatoms. The second kappa shape index (κ2) is 10.3. The number of carbonyl (C=O) groups is 2. The third-order valence-corrected chi connectivity index (χ3v) is 5.79. The standard InChI is InChI=1S/C24H29N3O5/c1-4-26(5-2)13-6-14-27-21(16-9-11-25-12-10-16)20(23(30)24(27)31)22(29)18-8-7-17(32-3)15-19(18)28/h7-12,15,21,28-29H,4-6,13-14H2,1-3H3/b22-20+. The number of ketones is 1. The number of rotatable bonds is 9. The molecule has 8 nitrogen and oxygen atoms in total. The molecule has 1 saturated heterocycles. The molecule has 1 aliphatic rings. The predicted octanol–water partition coefficient (Wildman–Crippen LogP) is 2.95. The monoisotopic (exact) mass is 439 g/mol. The van der Waals surface area contributed by atoms with Gasteiger partial charge >= 0.3 is 0 Å². The van der Waals surface area contributed by atoms with Crippen LogP contribution in [0.1, 0.15) is 37.4 Å². The van der Waals surface area contributed by atoms with Gasteiger partial charge in [0.05, 0.1) is 24.3 Å². The number of aromatic hydroxyl groups is 1. The number of carbonyl (C=O) groups excluding carboxylic acids is 2. The van der Waals surface area contributed by atoms with E-state index in [1.807, 2.05) is 0 Å². The first-order chi connectivity index (χ1) is 15.4. The van der Waals surface area contributed by atoms with Gasteiger partial charge in [0.2, 0.25) is 0 Å². The molecule has 0 radical (unpaired) electrons. The largest absolute Gasteiger partial charge is 0.507 e. The maximum atomic E-state index is 13.0. The van der Waals surface area contributed by atoms with Crippen molar-refractivity contribution >= 4 is 17.4 Å². The number of ether oxygens (including phenoxy) is 1. The summed E-state index contributed by atoms with van der Waals surface area (Å²) in [5, 5.41) is 21.4. The highest BCUT2D eigenvalue weighted by Gasteiger charge is 2.46. The summed E-state index contributed by atoms with van der Waals surface area (Å²) in [4.78, 5) is 33.7. The van der Waals surface area contributed by atoms with Crippen LogP contribution in [-0.4, -0.2) is 70.0 Å². The van der Waals surface area contributed by atoms with Crippen molar-refractivity contribution in [1.29, 1.82) is 0 Å². The first-order valence-corrected chi connectivity index (χ1v) is 10.7. The SMILES string of the molecule is CCN(CC)CCCN1C(=O)C(=O)/C(=C(/O)c2ccc(OC)cc2O)C1c1ccncc1. The van der Waals surface area contributed by atoms with Crippen LogP contribution in [0.25, 0.3) is 5.76 Å². The fraction of sp³-hybridized carbons (Fsp3) is 0.375. The van der Waals surface area contributed by atoms with Crippen molar-refractivity contribution in [2.75, 3.05) is 33.3 Å². The molecule has 1 atom stereocenters. The predicted molar refractivity (Wildman–Crippen MR) is 120 cm³/mol. The minimum Gasteiger partial charge on any atom is -0.507 e. The number of amides is 1. The third kappa shape index (κ3) is 4.60. The summed E-state index contributed by atoms with van der Waals surface area (Å²) in [6.07, 6.45) is 3.84. The van der Waals surface area contributed by atoms with Crippen LogP contribution < -0.4 is 4.74 Å². The topological polar surface area (TPSA) is 103 Å². The number of aliphatic hydroxyl groups is 1. The summed E-state index contributed by atoms with van der Waals surface area (Å²) in [6, 6.07) is 7.04. The molecule has 0 saturated carbocycles. The molecule has 1 aliphatic heterocycles. The number of Topliss-reactive ketones (excluding diaryl/α,β-unsaturated/α-hetero) is 1. The van der Waals surface area contributed by atoms with Crippen LogP contribution >= 0.6 is 0 Å². The van der Waals surface area contributed by atoms with Gasteiger partial charge in [0, 0.05) is 25.0 Å². The quantitative estimate of drug-likeness (QED) is 0.352. The Labute approximate surface area is 187 Å². The minimum atomic E-state index is -0.776. The van der Waals surface area contributed by atoms with E-state index >= 15 is 0 Å². The molecule has 170 valence electrons. The number of methoxy groups -OCH3 is 1. The number of phenolic OH excluding ortho intramolecular Hbond substituents is 1. The van der Waals surface area contributed by atoms with Gasteiger partial charge in [0.1, 0.15) is 17.3 Å². The fourth-order valence-electron chi connectivity index (χ4n) is 3.99. The molecule has 1 aromatic carbocycles. The van der Waals surface area contributed by atoms with E-state index < -0.39 is 23.5 Å². The van der Waals surface area contributed by atoms with E-state index in [4.69, 9.17) is 4.74 Å². The molecule has 1 amide bonds. The molecule has 1 aromatic heterocycles. The summed E-state index contributed by atoms with van der Waals surface area (Å²) < 4.78 is 5.09. The van der Waals surface area contributed by atoms with Crippen LogP contribution in [0.15, 0.2) is 48.3 Å². The van der Waals surface area contributed by atoms with Crippen molar-refractivity contribution in [3.63, 3.8) is 0 Å². The number of aromatic nitrogens is 1. The highest BCUT2D eigenvalue weighted by molar-refractivity contribution is 6.46. The lowest BCUT2D eigenvalue weighted by Gasteiger charge is -2.26. The molecule has 0 spiro atoms. The minimum absolute atomic E-state index is 0.0514. The Hall–Kier alpha value is -3.39. The molecule has 1 unspecified atom stereocenters. The van der Waals surface area contributed by atoms with E-state index in [9.17, 15) is 19.8 Å². The molecular weight excluding hydrogens is 410 g/mol. The molecule has 0 aliphatic carbocycles. The number of likely N-dealkylation sites (tertiary alicyclic amines) is 1. The van der Waals surface area contributed by atoms with E-state index in [-0.39, 0.29) is 16.9 Å². The number of aliphatic hydroxyl groups excluding tert-OH is 1. The molecule has 2 heterocycles. The lowest BCUT2D eigenvalue weighted by molar-refractivity contribution is -0.140. The van der Waals surface area contributed by atoms with Crippen LogP contribution in [0.5, 0.6) is 11.5 Å². The zero-order chi connectivity index (χ0) is 23.3. The summed E-state index contributed by atoms with van der Waals surface area (Å²) in [5.41, 5.74) is 0.673. The zero-order valence-electron chi connectivity index (χ0n) is 18.6. The Kier molecular flexibility index (Phi) is 7.48. The van der Waals surface area contributed by atoms with Crippen LogP contribution in [0.2, 0.25) is 0 Å². The van der Waals surface area contributed by atoms with Gasteiger partial charge in [-0.3, -0.25) is 14.6 Å². The fourth-order valence-corrected chi connectivity index (χ4v) is 3.99. The first kappa shape index (κ1) is 23.3. The summed E-state index contributed by atoms with van der Waals surface area (Å²) in [5.74, 6) is -1.70. The van der Waals surface area contributed by atoms with E-state index in [1.54, 1.807) is 30.6 Å². The summed E-state index contributed by atoms with van der Waals surface area (Å²) in [7, 11) is 1.46. The Balaban J connectivity index is 2.03. The van der Waals surface area contributed by atoms with Crippen molar-refractivity contribution in [3.8, 4) is 11.5 Å². The molecular formula is C24H29N3O5. The number of benzene rings is 1. The smallest absolute Gasteiger partial charge is 0.295 e. The van der Waals surface area contributed by atoms with Crippen molar-refractivity contribution < 1.29 is 24.5 Å². The van der Waals surface area contributed by atoms with E-state index in [0.29, 0.717) is 24.3 Å². The zero-order valence-corrected chi connectivity index (χ0v) is 18.6. The maximum Gasteiger partial charge on any atom is 0.295 e. The maximum absolute atomic E-state index is 13.0. The van der Waals surface area contributed by atoms with Gasteiger partial charge in [-0.1, -0.05) is 13.8 Å². The number of phenols is 1. The average Bonchev–Trinajstić information content (AvgIpc) is 3.06.